The monoisotopic (exact) mass is 598 g/mol. The maximum absolute atomic E-state index is 10.8. The third kappa shape index (κ3) is 45.9. The molecule has 0 rings (SSSR count). The fourth-order valence-corrected chi connectivity index (χ4v) is 1.91. The van der Waals surface area contributed by atoms with Crippen molar-refractivity contribution in [2.24, 2.45) is 5.92 Å². The van der Waals surface area contributed by atoms with Crippen LogP contribution in [-0.4, -0.2) is 61.9 Å². The highest BCUT2D eigenvalue weighted by Gasteiger charge is 2.07. The lowest BCUT2D eigenvalue weighted by Crippen LogP contribution is -2.12. The molecule has 0 aliphatic carbocycles. The fourth-order valence-electron chi connectivity index (χ4n) is 1.91. The number of rotatable bonds is 15. The molecule has 0 heterocycles. The Morgan fingerprint density at radius 1 is 0.738 bits per heavy atom. The average Bonchev–Trinajstić information content (AvgIpc) is 2.97. The van der Waals surface area contributed by atoms with Crippen LogP contribution in [0.5, 0.6) is 0 Å². The second-order valence-electron chi connectivity index (χ2n) is 8.29. The maximum Gasteiger partial charge on any atom is 0.332 e. The molecule has 0 fully saturated rings. The molecule has 0 radical (unpaired) electrons. The first-order valence-electron chi connectivity index (χ1n) is 13.7. The van der Waals surface area contributed by atoms with Gasteiger partial charge < -0.3 is 24.1 Å². The van der Waals surface area contributed by atoms with Crippen LogP contribution in [0.1, 0.15) is 80.1 Å². The quantitative estimate of drug-likeness (QED) is 0.0952. The molecule has 0 spiro atoms. The molecule has 0 saturated heterocycles. The molecule has 1 N–H and O–H groups in total. The molecule has 0 bridgehead atoms. The predicted octanol–water partition coefficient (Wildman–Crippen LogP) is 6.57. The van der Waals surface area contributed by atoms with Crippen LogP contribution in [0.2, 0.25) is 0 Å². The molecule has 0 aromatic heterocycles. The molecule has 1 atom stereocenters. The van der Waals surface area contributed by atoms with Crippen molar-refractivity contribution < 1.29 is 48.0 Å². The Labute approximate surface area is 253 Å². The summed E-state index contributed by atoms with van der Waals surface area (Å²) in [5, 5.41) is 7.89. The Balaban J connectivity index is -0.000000140. The fraction of sp³-hybridized carbons (Fsp3) is 0.531. The number of esters is 4. The molecule has 242 valence electrons. The van der Waals surface area contributed by atoms with Crippen molar-refractivity contribution in [3.8, 4) is 0 Å². The van der Waals surface area contributed by atoms with Crippen LogP contribution in [0, 0.1) is 5.92 Å². The Morgan fingerprint density at radius 3 is 1.43 bits per heavy atom. The predicted molar refractivity (Wildman–Crippen MR) is 167 cm³/mol. The summed E-state index contributed by atoms with van der Waals surface area (Å²) in [5.74, 6) is -1.76. The lowest BCUT2D eigenvalue weighted by atomic mass is 10.0. The van der Waals surface area contributed by atoms with E-state index in [9.17, 15) is 24.0 Å². The van der Waals surface area contributed by atoms with Gasteiger partial charge in [-0.05, 0) is 39.5 Å². The Hall–Kier alpha value is -3.95. The van der Waals surface area contributed by atoms with Crippen molar-refractivity contribution in [3.05, 3.63) is 62.3 Å². The van der Waals surface area contributed by atoms with E-state index in [1.165, 1.54) is 39.0 Å². The summed E-state index contributed by atoms with van der Waals surface area (Å²) in [5.41, 5.74) is 0.609. The normalized spacial score (nSPS) is 9.21. The second-order valence-corrected chi connectivity index (χ2v) is 8.29. The van der Waals surface area contributed by atoms with Crippen LogP contribution in [0.25, 0.3) is 0 Å². The van der Waals surface area contributed by atoms with Gasteiger partial charge in [-0.15, -0.1) is 0 Å². The van der Waals surface area contributed by atoms with Crippen LogP contribution in [0.3, 0.4) is 0 Å². The van der Waals surface area contributed by atoms with E-state index < -0.39 is 5.97 Å². The number of carboxylic acid groups (broad SMARTS) is 1. The van der Waals surface area contributed by atoms with E-state index >= 15 is 0 Å². The number of carbonyl (C=O) groups excluding carboxylic acids is 4. The smallest absolute Gasteiger partial charge is 0.332 e. The zero-order valence-corrected chi connectivity index (χ0v) is 26.8. The standard InChI is InChI=1S/C11H20O2.C7H12O2.2C5H8O2.C4H6O2/c1-4-7-8-10(5-2)9-13-11(12)6-3;1-3-5-6-9-7(8)4-2;1-4(2)5(6)7-3;1-3-5(6)7-4-2;1-3(2)4(5)6/h6,10H,3-5,7-9H2,1-2H3;4H,2-3,5-6H2,1H3;1H2,2-3H3;3H,1,4H2,2H3;1H2,2H3,(H,5,6). The van der Waals surface area contributed by atoms with Crippen LogP contribution < -0.4 is 0 Å². The lowest BCUT2D eigenvalue weighted by Gasteiger charge is -2.13. The number of carboxylic acids is 1. The molecule has 0 aliphatic heterocycles. The number of ether oxygens (including phenoxy) is 4. The molecular formula is C32H54O10. The van der Waals surface area contributed by atoms with Crippen LogP contribution in [0.4, 0.5) is 0 Å². The van der Waals surface area contributed by atoms with Crippen molar-refractivity contribution in [1.82, 2.24) is 0 Å². The first-order chi connectivity index (χ1) is 19.7. The summed E-state index contributed by atoms with van der Waals surface area (Å²) in [7, 11) is 1.33. The molecule has 42 heavy (non-hydrogen) atoms. The van der Waals surface area contributed by atoms with Gasteiger partial charge in [0.05, 0.1) is 26.9 Å². The first kappa shape index (κ1) is 47.8. The Bertz CT molecular complexity index is 798. The van der Waals surface area contributed by atoms with Gasteiger partial charge in [0.2, 0.25) is 0 Å². The van der Waals surface area contributed by atoms with Crippen LogP contribution >= 0.6 is 0 Å². The molecule has 0 amide bonds. The van der Waals surface area contributed by atoms with Gasteiger partial charge >= 0.3 is 29.8 Å². The Morgan fingerprint density at radius 2 is 1.17 bits per heavy atom. The van der Waals surface area contributed by atoms with E-state index in [1.807, 2.05) is 6.92 Å². The molecule has 0 aliphatic rings. The zero-order chi connectivity index (χ0) is 33.9. The number of unbranched alkanes of at least 4 members (excludes halogenated alkanes) is 2. The number of hydrogen-bond acceptors (Lipinski definition) is 9. The molecule has 0 aromatic carbocycles. The Kier molecular flexibility index (Phi) is 42.2. The van der Waals surface area contributed by atoms with Crippen molar-refractivity contribution in [2.45, 2.75) is 80.1 Å². The molecule has 1 unspecified atom stereocenters. The third-order valence-corrected chi connectivity index (χ3v) is 4.43. The molecular weight excluding hydrogens is 544 g/mol. The van der Waals surface area contributed by atoms with Crippen molar-refractivity contribution >= 4 is 29.8 Å². The molecule has 10 heteroatoms. The number of aliphatic carboxylic acids is 1. The highest BCUT2D eigenvalue weighted by molar-refractivity contribution is 5.86. The van der Waals surface area contributed by atoms with Gasteiger partial charge in [0.1, 0.15) is 0 Å². The van der Waals surface area contributed by atoms with E-state index in [-0.39, 0.29) is 29.5 Å². The van der Waals surface area contributed by atoms with Crippen molar-refractivity contribution in [2.75, 3.05) is 26.9 Å². The van der Waals surface area contributed by atoms with Gasteiger partial charge in [0.15, 0.2) is 0 Å². The van der Waals surface area contributed by atoms with Gasteiger partial charge in [0.25, 0.3) is 0 Å². The molecule has 0 saturated carbocycles. The van der Waals surface area contributed by atoms with Crippen molar-refractivity contribution in [3.63, 3.8) is 0 Å². The topological polar surface area (TPSA) is 142 Å². The van der Waals surface area contributed by atoms with Crippen molar-refractivity contribution in [1.29, 1.82) is 0 Å². The first-order valence-corrected chi connectivity index (χ1v) is 13.7. The number of carbonyl (C=O) groups is 5. The van der Waals surface area contributed by atoms with Gasteiger partial charge in [-0.2, -0.15) is 0 Å². The van der Waals surface area contributed by atoms with Gasteiger partial charge in [-0.25, -0.2) is 24.0 Å². The summed E-state index contributed by atoms with van der Waals surface area (Å²) in [4.78, 5) is 51.0. The number of methoxy groups -OCH3 is 1. The molecule has 10 nitrogen and oxygen atoms in total. The molecule has 0 aromatic rings. The van der Waals surface area contributed by atoms with E-state index in [4.69, 9.17) is 9.84 Å². The van der Waals surface area contributed by atoms with Crippen LogP contribution in [-0.2, 0) is 42.9 Å². The summed E-state index contributed by atoms with van der Waals surface area (Å²) in [6, 6.07) is 0. The largest absolute Gasteiger partial charge is 0.478 e. The number of hydrogen-bond donors (Lipinski definition) is 1. The average molecular weight is 599 g/mol. The minimum Gasteiger partial charge on any atom is -0.478 e. The van der Waals surface area contributed by atoms with E-state index in [1.54, 1.807) is 13.8 Å². The summed E-state index contributed by atoms with van der Waals surface area (Å²) in [6.07, 6.45) is 10.1. The van der Waals surface area contributed by atoms with Gasteiger partial charge in [0, 0.05) is 29.4 Å². The van der Waals surface area contributed by atoms with Crippen LogP contribution in [0.15, 0.2) is 62.3 Å². The highest BCUT2D eigenvalue weighted by Crippen LogP contribution is 2.12. The summed E-state index contributed by atoms with van der Waals surface area (Å²) in [6.45, 7) is 28.9. The zero-order valence-electron chi connectivity index (χ0n) is 26.8. The van der Waals surface area contributed by atoms with E-state index in [0.29, 0.717) is 31.3 Å². The van der Waals surface area contributed by atoms with Gasteiger partial charge in [-0.1, -0.05) is 79.3 Å². The minimum absolute atomic E-state index is 0.176. The highest BCUT2D eigenvalue weighted by atomic mass is 16.5. The minimum atomic E-state index is -0.935. The van der Waals surface area contributed by atoms with E-state index in [2.05, 4.69) is 61.0 Å². The van der Waals surface area contributed by atoms with E-state index in [0.717, 1.165) is 31.8 Å². The second kappa shape index (κ2) is 37.0. The summed E-state index contributed by atoms with van der Waals surface area (Å²) >= 11 is 0. The maximum atomic E-state index is 10.8. The summed E-state index contributed by atoms with van der Waals surface area (Å²) < 4.78 is 18.4. The lowest BCUT2D eigenvalue weighted by molar-refractivity contribution is -0.139. The SMILES string of the molecule is C=C(C)C(=O)O.C=C(C)C(=O)OC.C=CC(=O)OCC.C=CC(=O)OCC(CC)CCCC.C=CC(=O)OCCCC. The van der Waals surface area contributed by atoms with Gasteiger partial charge in [-0.3, -0.25) is 0 Å². The third-order valence-electron chi connectivity index (χ3n) is 4.43.